The highest BCUT2D eigenvalue weighted by Crippen LogP contribution is 2.22. The number of amides is 5. The lowest BCUT2D eigenvalue weighted by Gasteiger charge is -2.32. The van der Waals surface area contributed by atoms with Crippen molar-refractivity contribution in [2.24, 2.45) is 5.73 Å². The SMILES string of the molecule is N[C@@H](C/C=C/C[C@@H]1NC(=O)[C@@H](Cc2ccccc2)NC(=O)[C@@H](Cc2ccccc2)NC(=O)[C@@H]2CCCN2C1=O)C(=O)N1CCC[C@H]1C(=O)O. The first-order valence-corrected chi connectivity index (χ1v) is 16.9. The van der Waals surface area contributed by atoms with Gasteiger partial charge >= 0.3 is 5.97 Å². The highest BCUT2D eigenvalue weighted by atomic mass is 16.4. The molecule has 6 atom stereocenters. The predicted molar refractivity (Wildman–Crippen MR) is 180 cm³/mol. The molecule has 3 fully saturated rings. The van der Waals surface area contributed by atoms with Crippen LogP contribution >= 0.6 is 0 Å². The molecule has 0 aliphatic carbocycles. The van der Waals surface area contributed by atoms with E-state index in [0.29, 0.717) is 38.8 Å². The van der Waals surface area contributed by atoms with Crippen molar-refractivity contribution in [2.75, 3.05) is 13.1 Å². The Morgan fingerprint density at radius 3 is 1.92 bits per heavy atom. The van der Waals surface area contributed by atoms with Crippen LogP contribution in [0.2, 0.25) is 0 Å². The Hall–Kier alpha value is -5.04. The highest BCUT2D eigenvalue weighted by molar-refractivity contribution is 5.98. The third-order valence-corrected chi connectivity index (χ3v) is 9.35. The third-order valence-electron chi connectivity index (χ3n) is 9.35. The van der Waals surface area contributed by atoms with Gasteiger partial charge in [-0.3, -0.25) is 24.0 Å². The van der Waals surface area contributed by atoms with Gasteiger partial charge < -0.3 is 36.6 Å². The maximum Gasteiger partial charge on any atom is 0.326 e. The Morgan fingerprint density at radius 2 is 1.33 bits per heavy atom. The van der Waals surface area contributed by atoms with E-state index >= 15 is 0 Å². The lowest BCUT2D eigenvalue weighted by atomic mass is 10.0. The summed E-state index contributed by atoms with van der Waals surface area (Å²) in [5, 5.41) is 18.0. The molecule has 3 heterocycles. The molecule has 5 amide bonds. The van der Waals surface area contributed by atoms with Crippen LogP contribution in [0, 0.1) is 0 Å². The van der Waals surface area contributed by atoms with Crippen LogP contribution in [0.25, 0.3) is 0 Å². The molecule has 0 aromatic heterocycles. The van der Waals surface area contributed by atoms with E-state index in [1.54, 1.807) is 12.2 Å². The van der Waals surface area contributed by atoms with Gasteiger partial charge in [-0.15, -0.1) is 0 Å². The van der Waals surface area contributed by atoms with Crippen LogP contribution in [0.1, 0.15) is 49.7 Å². The Balaban J connectivity index is 1.36. The molecule has 0 unspecified atom stereocenters. The Morgan fingerprint density at radius 1 is 0.776 bits per heavy atom. The number of hydrogen-bond acceptors (Lipinski definition) is 7. The summed E-state index contributed by atoms with van der Waals surface area (Å²) >= 11 is 0. The first-order chi connectivity index (χ1) is 23.6. The number of nitrogens with one attached hydrogen (secondary N) is 3. The van der Waals surface area contributed by atoms with E-state index in [2.05, 4.69) is 16.0 Å². The second-order valence-electron chi connectivity index (χ2n) is 12.8. The van der Waals surface area contributed by atoms with E-state index in [0.717, 1.165) is 11.1 Å². The van der Waals surface area contributed by atoms with Crippen molar-refractivity contribution in [3.8, 4) is 0 Å². The summed E-state index contributed by atoms with van der Waals surface area (Å²) in [5.41, 5.74) is 7.75. The highest BCUT2D eigenvalue weighted by Gasteiger charge is 2.41. The van der Waals surface area contributed by atoms with Crippen LogP contribution in [0.15, 0.2) is 72.8 Å². The Kier molecular flexibility index (Phi) is 11.8. The molecule has 2 aromatic carbocycles. The smallest absolute Gasteiger partial charge is 0.326 e. The second kappa shape index (κ2) is 16.4. The molecule has 13 heteroatoms. The zero-order valence-corrected chi connectivity index (χ0v) is 27.3. The molecule has 2 aromatic rings. The molecule has 13 nitrogen and oxygen atoms in total. The molecule has 3 aliphatic rings. The van der Waals surface area contributed by atoms with Gasteiger partial charge in [-0.05, 0) is 49.7 Å². The van der Waals surface area contributed by atoms with Crippen LogP contribution < -0.4 is 21.7 Å². The Labute approximate surface area is 285 Å². The fraction of sp³-hybridized carbons (Fsp3) is 0.444. The summed E-state index contributed by atoms with van der Waals surface area (Å²) in [6.45, 7) is 0.643. The van der Waals surface area contributed by atoms with Crippen molar-refractivity contribution in [1.29, 1.82) is 0 Å². The molecule has 0 bridgehead atoms. The first-order valence-electron chi connectivity index (χ1n) is 16.9. The number of carbonyl (C=O) groups is 6. The zero-order chi connectivity index (χ0) is 34.9. The molecular formula is C36H44N6O7. The van der Waals surface area contributed by atoms with Crippen molar-refractivity contribution in [2.45, 2.75) is 87.6 Å². The van der Waals surface area contributed by atoms with Crippen molar-refractivity contribution < 1.29 is 33.9 Å². The number of carbonyl (C=O) groups excluding carboxylic acids is 5. The van der Waals surface area contributed by atoms with E-state index in [-0.39, 0.29) is 25.7 Å². The summed E-state index contributed by atoms with van der Waals surface area (Å²) in [4.78, 5) is 82.5. The number of nitrogens with two attached hydrogens (primary N) is 1. The third kappa shape index (κ3) is 8.91. The molecule has 3 saturated heterocycles. The minimum absolute atomic E-state index is 0.0421. The number of nitrogens with zero attached hydrogens (tertiary/aromatic N) is 2. The van der Waals surface area contributed by atoms with Crippen molar-refractivity contribution in [1.82, 2.24) is 25.8 Å². The van der Waals surface area contributed by atoms with E-state index in [4.69, 9.17) is 5.73 Å². The van der Waals surface area contributed by atoms with E-state index < -0.39 is 71.8 Å². The molecular weight excluding hydrogens is 628 g/mol. The van der Waals surface area contributed by atoms with E-state index in [1.165, 1.54) is 9.80 Å². The van der Waals surface area contributed by atoms with Gasteiger partial charge in [0.1, 0.15) is 30.2 Å². The number of fused-ring (bicyclic) bond motifs is 1. The number of hydrogen-bond donors (Lipinski definition) is 5. The number of aliphatic carboxylic acids is 1. The molecule has 0 spiro atoms. The van der Waals surface area contributed by atoms with E-state index in [1.807, 2.05) is 60.7 Å². The largest absolute Gasteiger partial charge is 0.480 e. The normalized spacial score (nSPS) is 25.5. The van der Waals surface area contributed by atoms with Crippen molar-refractivity contribution in [3.63, 3.8) is 0 Å². The van der Waals surface area contributed by atoms with E-state index in [9.17, 15) is 33.9 Å². The molecule has 6 N–H and O–H groups in total. The maximum atomic E-state index is 14.0. The average Bonchev–Trinajstić information content (AvgIpc) is 3.80. The minimum atomic E-state index is -1.06. The molecule has 260 valence electrons. The van der Waals surface area contributed by atoms with Gasteiger partial charge in [-0.25, -0.2) is 4.79 Å². The minimum Gasteiger partial charge on any atom is -0.480 e. The zero-order valence-electron chi connectivity index (χ0n) is 27.3. The average molecular weight is 673 g/mol. The van der Waals surface area contributed by atoms with Crippen molar-refractivity contribution in [3.05, 3.63) is 83.9 Å². The molecule has 5 rings (SSSR count). The molecule has 49 heavy (non-hydrogen) atoms. The second-order valence-corrected chi connectivity index (χ2v) is 12.8. The predicted octanol–water partition coefficient (Wildman–Crippen LogP) is 0.670. The lowest BCUT2D eigenvalue weighted by molar-refractivity contribution is -0.148. The molecule has 0 saturated carbocycles. The van der Waals surface area contributed by atoms with Crippen LogP contribution in [0.4, 0.5) is 0 Å². The van der Waals surface area contributed by atoms with Gasteiger partial charge in [0.15, 0.2) is 0 Å². The molecule has 0 radical (unpaired) electrons. The fourth-order valence-corrected chi connectivity index (χ4v) is 6.73. The monoisotopic (exact) mass is 672 g/mol. The van der Waals surface area contributed by atoms with Gasteiger partial charge in [0.2, 0.25) is 29.5 Å². The van der Waals surface area contributed by atoms with Crippen LogP contribution in [0.5, 0.6) is 0 Å². The van der Waals surface area contributed by atoms with Gasteiger partial charge in [0, 0.05) is 25.9 Å². The summed E-state index contributed by atoms with van der Waals surface area (Å²) < 4.78 is 0. The quantitative estimate of drug-likeness (QED) is 0.228. The number of likely N-dealkylation sites (tertiary alicyclic amines) is 1. The lowest BCUT2D eigenvalue weighted by Crippen LogP contribution is -2.61. The van der Waals surface area contributed by atoms with Crippen molar-refractivity contribution >= 4 is 35.5 Å². The standard InChI is InChI=1S/C36H44N6O7/c37-25(34(46)42-20-10-18-30(42)36(48)49)15-7-8-16-26-35(47)41-19-9-17-29(41)33(45)40-28(22-24-13-5-2-6-14-24)32(44)39-27(31(43)38-26)21-23-11-3-1-4-12-23/h1-8,11-14,25-30H,9-10,15-22,37H2,(H,38,43)(H,39,44)(H,40,45)(H,48,49)/b8-7+/t25-,26-,27+,28+,29-,30-/m0/s1. The van der Waals surface area contributed by atoms with Gasteiger partial charge in [0.25, 0.3) is 0 Å². The number of rotatable bonds is 10. The van der Waals surface area contributed by atoms with Crippen LogP contribution in [0.3, 0.4) is 0 Å². The summed E-state index contributed by atoms with van der Waals surface area (Å²) in [7, 11) is 0. The number of carboxylic acids is 1. The molecule has 3 aliphatic heterocycles. The number of carboxylic acid groups (broad SMARTS) is 1. The Bertz CT molecular complexity index is 1550. The number of benzene rings is 2. The van der Waals surface area contributed by atoms with Gasteiger partial charge in [0.05, 0.1) is 6.04 Å². The maximum absolute atomic E-state index is 14.0. The summed E-state index contributed by atoms with van der Waals surface area (Å²) in [5.74, 6) is -3.45. The topological polar surface area (TPSA) is 191 Å². The fourth-order valence-electron chi connectivity index (χ4n) is 6.73. The summed E-state index contributed by atoms with van der Waals surface area (Å²) in [6.07, 6.45) is 5.73. The van der Waals surface area contributed by atoms with Crippen LogP contribution in [-0.2, 0) is 41.6 Å². The first kappa shape index (κ1) is 35.3. The van der Waals surface area contributed by atoms with Crippen LogP contribution in [-0.4, -0.2) is 99.8 Å². The van der Waals surface area contributed by atoms with Gasteiger partial charge in [-0.1, -0.05) is 72.8 Å². The summed E-state index contributed by atoms with van der Waals surface area (Å²) in [6, 6.07) is 12.7. The van der Waals surface area contributed by atoms with Gasteiger partial charge in [-0.2, -0.15) is 0 Å².